The van der Waals surface area contributed by atoms with E-state index in [2.05, 4.69) is 75.6 Å². The minimum Gasteiger partial charge on any atom is -0.393 e. The highest BCUT2D eigenvalue weighted by atomic mass is 15.2. The van der Waals surface area contributed by atoms with E-state index in [-0.39, 0.29) is 0 Å². The summed E-state index contributed by atoms with van der Waals surface area (Å²) < 4.78 is 0. The van der Waals surface area contributed by atoms with Gasteiger partial charge in [0.25, 0.3) is 0 Å². The molecular weight excluding hydrogens is 478 g/mol. The van der Waals surface area contributed by atoms with Gasteiger partial charge >= 0.3 is 0 Å². The van der Waals surface area contributed by atoms with Crippen molar-refractivity contribution in [2.75, 3.05) is 22.5 Å². The van der Waals surface area contributed by atoms with Crippen LogP contribution in [0.4, 0.5) is 17.3 Å². The molecule has 0 unspecified atom stereocenters. The zero-order chi connectivity index (χ0) is 27.4. The van der Waals surface area contributed by atoms with E-state index in [1.807, 2.05) is 12.1 Å². The van der Waals surface area contributed by atoms with Gasteiger partial charge < -0.3 is 16.0 Å². The van der Waals surface area contributed by atoms with Crippen LogP contribution in [0, 0.1) is 0 Å². The summed E-state index contributed by atoms with van der Waals surface area (Å²) in [6.07, 6.45) is 20.8. The number of unbranched alkanes of at least 4 members (excludes halogenated alkanes) is 13. The molecular formula is C34H51N5. The Bertz CT molecular complexity index is 967. The van der Waals surface area contributed by atoms with Crippen LogP contribution in [-0.4, -0.2) is 16.5 Å². The average molecular weight is 530 g/mol. The van der Waals surface area contributed by atoms with Gasteiger partial charge in [-0.15, -0.1) is 0 Å². The van der Waals surface area contributed by atoms with Crippen molar-refractivity contribution < 1.29 is 0 Å². The van der Waals surface area contributed by atoms with E-state index >= 15 is 0 Å². The first-order valence-electron chi connectivity index (χ1n) is 15.4. The zero-order valence-corrected chi connectivity index (χ0v) is 24.3. The summed E-state index contributed by atoms with van der Waals surface area (Å²) in [6, 6.07) is 21.0. The largest absolute Gasteiger partial charge is 0.393 e. The Morgan fingerprint density at radius 3 is 1.56 bits per heavy atom. The topological polar surface area (TPSA) is 67.1 Å². The summed E-state index contributed by atoms with van der Waals surface area (Å²) in [4.78, 5) is 11.3. The molecule has 3 rings (SSSR count). The fraction of sp³-hybridized carbons (Fsp3) is 0.529. The van der Waals surface area contributed by atoms with E-state index in [0.717, 1.165) is 37.7 Å². The summed E-state index contributed by atoms with van der Waals surface area (Å²) in [6.45, 7) is 4.63. The van der Waals surface area contributed by atoms with Crippen molar-refractivity contribution in [2.24, 2.45) is 0 Å². The molecule has 39 heavy (non-hydrogen) atoms. The van der Waals surface area contributed by atoms with Crippen LogP contribution in [0.3, 0.4) is 0 Å². The molecule has 0 aliphatic rings. The Balaban J connectivity index is 1.38. The monoisotopic (exact) mass is 529 g/mol. The molecule has 3 N–H and O–H groups in total. The van der Waals surface area contributed by atoms with E-state index < -0.39 is 0 Å². The molecule has 0 saturated heterocycles. The molecule has 0 aliphatic carbocycles. The highest BCUT2D eigenvalue weighted by Crippen LogP contribution is 2.29. The van der Waals surface area contributed by atoms with Crippen LogP contribution in [0.5, 0.6) is 0 Å². The lowest BCUT2D eigenvalue weighted by Crippen LogP contribution is -2.25. The molecule has 0 fully saturated rings. The predicted molar refractivity (Wildman–Crippen MR) is 168 cm³/mol. The minimum atomic E-state index is 0.620. The minimum absolute atomic E-state index is 0.620. The third-order valence-corrected chi connectivity index (χ3v) is 7.42. The molecule has 3 aromatic rings. The van der Waals surface area contributed by atoms with Gasteiger partial charge in [-0.1, -0.05) is 151 Å². The van der Waals surface area contributed by atoms with E-state index in [9.17, 15) is 0 Å². The smallest absolute Gasteiger partial charge is 0.158 e. The van der Waals surface area contributed by atoms with Gasteiger partial charge in [-0.3, -0.25) is 0 Å². The Morgan fingerprint density at radius 2 is 1.08 bits per heavy atom. The predicted octanol–water partition coefficient (Wildman–Crippen LogP) is 9.16. The second kappa shape index (κ2) is 19.1. The summed E-state index contributed by atoms with van der Waals surface area (Å²) in [5, 5.41) is 3.48. The Labute approximate surface area is 237 Å². The second-order valence-electron chi connectivity index (χ2n) is 10.8. The Hall–Kier alpha value is -3.08. The number of hydrogen-bond acceptors (Lipinski definition) is 5. The van der Waals surface area contributed by atoms with Gasteiger partial charge in [0, 0.05) is 19.6 Å². The van der Waals surface area contributed by atoms with E-state index in [4.69, 9.17) is 5.73 Å². The van der Waals surface area contributed by atoms with Crippen molar-refractivity contribution in [2.45, 2.75) is 110 Å². The highest BCUT2D eigenvalue weighted by Gasteiger charge is 2.16. The number of rotatable bonds is 21. The van der Waals surface area contributed by atoms with Gasteiger partial charge in [-0.2, -0.15) is 0 Å². The van der Waals surface area contributed by atoms with Crippen molar-refractivity contribution in [3.05, 3.63) is 78.1 Å². The van der Waals surface area contributed by atoms with Crippen molar-refractivity contribution in [1.82, 2.24) is 9.97 Å². The summed E-state index contributed by atoms with van der Waals surface area (Å²) >= 11 is 0. The number of benzene rings is 2. The van der Waals surface area contributed by atoms with Crippen LogP contribution < -0.4 is 16.0 Å². The van der Waals surface area contributed by atoms with Gasteiger partial charge in [-0.25, -0.2) is 9.97 Å². The van der Waals surface area contributed by atoms with Crippen LogP contribution in [0.25, 0.3) is 0 Å². The normalized spacial score (nSPS) is 11.0. The summed E-state index contributed by atoms with van der Waals surface area (Å²) in [5.41, 5.74) is 9.69. The molecule has 0 bridgehead atoms. The molecule has 212 valence electrons. The third-order valence-electron chi connectivity index (χ3n) is 7.42. The van der Waals surface area contributed by atoms with Crippen molar-refractivity contribution in [3.8, 4) is 0 Å². The number of nitrogens with two attached hydrogens (primary N) is 1. The number of nitrogens with one attached hydrogen (secondary N) is 1. The van der Waals surface area contributed by atoms with Gasteiger partial charge in [0.15, 0.2) is 11.6 Å². The quantitative estimate of drug-likeness (QED) is 0.135. The standard InChI is InChI=1S/C34H51N5/c1-2-3-4-5-6-7-8-9-10-11-12-13-14-21-26-36-33-32(35)34(38-29-37-33)39(27-30-22-17-15-18-23-30)28-31-24-19-16-20-25-31/h15-20,22-25,29H,2-14,21,26-28,35H2,1H3,(H,36,37,38). The van der Waals surface area contributed by atoms with E-state index in [1.165, 1.54) is 94.6 Å². The summed E-state index contributed by atoms with van der Waals surface area (Å²) in [5.74, 6) is 1.52. The maximum Gasteiger partial charge on any atom is 0.158 e. The fourth-order valence-corrected chi connectivity index (χ4v) is 5.12. The number of aromatic nitrogens is 2. The lowest BCUT2D eigenvalue weighted by atomic mass is 10.0. The molecule has 0 atom stereocenters. The van der Waals surface area contributed by atoms with Gasteiger partial charge in [0.1, 0.15) is 12.0 Å². The molecule has 2 aromatic carbocycles. The molecule has 1 heterocycles. The molecule has 5 nitrogen and oxygen atoms in total. The van der Waals surface area contributed by atoms with Crippen LogP contribution in [-0.2, 0) is 13.1 Å². The van der Waals surface area contributed by atoms with Crippen LogP contribution in [0.15, 0.2) is 67.0 Å². The first kappa shape index (κ1) is 30.5. The molecule has 0 spiro atoms. The first-order chi connectivity index (χ1) is 19.3. The van der Waals surface area contributed by atoms with Crippen molar-refractivity contribution in [1.29, 1.82) is 0 Å². The van der Waals surface area contributed by atoms with Crippen molar-refractivity contribution >= 4 is 17.3 Å². The SMILES string of the molecule is CCCCCCCCCCCCCCCCNc1ncnc(N(Cc2ccccc2)Cc2ccccc2)c1N. The first-order valence-corrected chi connectivity index (χ1v) is 15.4. The lowest BCUT2D eigenvalue weighted by molar-refractivity contribution is 0.537. The van der Waals surface area contributed by atoms with Gasteiger partial charge in [0.2, 0.25) is 0 Å². The second-order valence-corrected chi connectivity index (χ2v) is 10.8. The fourth-order valence-electron chi connectivity index (χ4n) is 5.12. The molecule has 0 saturated carbocycles. The van der Waals surface area contributed by atoms with Gasteiger partial charge in [0.05, 0.1) is 0 Å². The van der Waals surface area contributed by atoms with Crippen LogP contribution >= 0.6 is 0 Å². The van der Waals surface area contributed by atoms with Crippen LogP contribution in [0.2, 0.25) is 0 Å². The maximum atomic E-state index is 6.62. The van der Waals surface area contributed by atoms with Crippen molar-refractivity contribution in [3.63, 3.8) is 0 Å². The third kappa shape index (κ3) is 12.1. The Kier molecular flexibility index (Phi) is 14.9. The van der Waals surface area contributed by atoms with E-state index in [1.54, 1.807) is 6.33 Å². The van der Waals surface area contributed by atoms with E-state index in [0.29, 0.717) is 5.69 Å². The maximum absolute atomic E-state index is 6.62. The van der Waals surface area contributed by atoms with Crippen LogP contribution in [0.1, 0.15) is 108 Å². The number of hydrogen-bond donors (Lipinski definition) is 2. The number of nitrogen functional groups attached to an aromatic ring is 1. The summed E-state index contributed by atoms with van der Waals surface area (Å²) in [7, 11) is 0. The molecule has 1 aromatic heterocycles. The molecule has 0 aliphatic heterocycles. The number of anilines is 3. The molecule has 0 amide bonds. The van der Waals surface area contributed by atoms with Gasteiger partial charge in [-0.05, 0) is 17.5 Å². The Morgan fingerprint density at radius 1 is 0.615 bits per heavy atom. The highest BCUT2D eigenvalue weighted by molar-refractivity contribution is 5.75. The average Bonchev–Trinajstić information content (AvgIpc) is 2.97. The molecule has 0 radical (unpaired) electrons. The zero-order valence-electron chi connectivity index (χ0n) is 24.3. The number of nitrogens with zero attached hydrogens (tertiary/aromatic N) is 3. The lowest BCUT2D eigenvalue weighted by Gasteiger charge is -2.26. The molecule has 5 heteroatoms.